The van der Waals surface area contributed by atoms with Crippen molar-refractivity contribution in [3.63, 3.8) is 0 Å². The van der Waals surface area contributed by atoms with E-state index in [1.807, 2.05) is 42.6 Å². The lowest BCUT2D eigenvalue weighted by Crippen LogP contribution is -1.96. The van der Waals surface area contributed by atoms with Gasteiger partial charge in [0.2, 0.25) is 0 Å². The number of halogens is 3. The molecule has 3 aromatic rings. The van der Waals surface area contributed by atoms with Gasteiger partial charge in [0.1, 0.15) is 12.7 Å². The zero-order chi connectivity index (χ0) is 16.2. The van der Waals surface area contributed by atoms with E-state index in [0.29, 0.717) is 21.5 Å². The maximum atomic E-state index is 6.30. The van der Waals surface area contributed by atoms with Gasteiger partial charge >= 0.3 is 0 Å². The zero-order valence-electron chi connectivity index (χ0n) is 12.0. The molecular formula is C17H12Cl3N3. The summed E-state index contributed by atoms with van der Waals surface area (Å²) >= 11 is 18.2. The van der Waals surface area contributed by atoms with Crippen molar-refractivity contribution in [1.82, 2.24) is 14.8 Å². The second kappa shape index (κ2) is 7.18. The van der Waals surface area contributed by atoms with Crippen molar-refractivity contribution in [2.24, 2.45) is 0 Å². The second-order valence-electron chi connectivity index (χ2n) is 4.95. The van der Waals surface area contributed by atoms with Crippen LogP contribution in [0.3, 0.4) is 0 Å². The predicted molar refractivity (Wildman–Crippen MR) is 95.8 cm³/mol. The summed E-state index contributed by atoms with van der Waals surface area (Å²) in [6.07, 6.45) is 5.68. The average Bonchev–Trinajstić information content (AvgIpc) is 3.03. The van der Waals surface area contributed by atoms with Gasteiger partial charge in [-0.2, -0.15) is 5.10 Å². The van der Waals surface area contributed by atoms with Gasteiger partial charge in [-0.25, -0.2) is 9.67 Å². The first-order valence-corrected chi connectivity index (χ1v) is 8.00. The van der Waals surface area contributed by atoms with E-state index in [9.17, 15) is 0 Å². The molecule has 1 heterocycles. The highest BCUT2D eigenvalue weighted by atomic mass is 35.5. The maximum absolute atomic E-state index is 6.30. The normalized spacial score (nSPS) is 11.7. The molecule has 23 heavy (non-hydrogen) atoms. The molecule has 0 atom stereocenters. The molecular weight excluding hydrogens is 353 g/mol. The van der Waals surface area contributed by atoms with E-state index >= 15 is 0 Å². The molecule has 0 saturated carbocycles. The molecule has 6 heteroatoms. The molecule has 2 aromatic carbocycles. The van der Waals surface area contributed by atoms with E-state index in [4.69, 9.17) is 34.8 Å². The summed E-state index contributed by atoms with van der Waals surface area (Å²) in [5, 5.41) is 6.07. The Labute approximate surface area is 149 Å². The molecule has 116 valence electrons. The number of aromatic nitrogens is 3. The van der Waals surface area contributed by atoms with Crippen LogP contribution >= 0.6 is 34.8 Å². The highest BCUT2D eigenvalue weighted by molar-refractivity contribution is 6.35. The molecule has 0 aliphatic rings. The number of rotatable bonds is 4. The fourth-order valence-electron chi connectivity index (χ4n) is 2.20. The fraction of sp³-hybridized carbons (Fsp3) is 0.0588. The molecule has 0 unspecified atom stereocenters. The molecule has 3 nitrogen and oxygen atoms in total. The van der Waals surface area contributed by atoms with Crippen LogP contribution in [0.2, 0.25) is 15.1 Å². The first kappa shape index (κ1) is 16.1. The molecule has 0 amide bonds. The fourth-order valence-corrected chi connectivity index (χ4v) is 2.80. The van der Waals surface area contributed by atoms with Gasteiger partial charge < -0.3 is 0 Å². The average molecular weight is 365 g/mol. The number of hydrogen-bond donors (Lipinski definition) is 0. The SMILES string of the molecule is Clc1ccc(C(=Cn2cncn2)Cc2ccc(Cl)cc2Cl)cc1. The maximum Gasteiger partial charge on any atom is 0.138 e. The minimum atomic E-state index is 0.618. The van der Waals surface area contributed by atoms with E-state index in [1.165, 1.54) is 6.33 Å². The van der Waals surface area contributed by atoms with Crippen molar-refractivity contribution in [1.29, 1.82) is 0 Å². The summed E-state index contributed by atoms with van der Waals surface area (Å²) in [6.45, 7) is 0. The van der Waals surface area contributed by atoms with Crippen LogP contribution in [0.15, 0.2) is 55.1 Å². The van der Waals surface area contributed by atoms with Crippen molar-refractivity contribution in [2.75, 3.05) is 0 Å². The highest BCUT2D eigenvalue weighted by Gasteiger charge is 2.08. The summed E-state index contributed by atoms with van der Waals surface area (Å²) in [5.41, 5.74) is 3.06. The zero-order valence-corrected chi connectivity index (χ0v) is 14.2. The Morgan fingerprint density at radius 3 is 2.39 bits per heavy atom. The molecule has 0 spiro atoms. The third-order valence-corrected chi connectivity index (χ3v) is 4.17. The Kier molecular flexibility index (Phi) is 5.01. The topological polar surface area (TPSA) is 30.7 Å². The summed E-state index contributed by atoms with van der Waals surface area (Å²) < 4.78 is 1.66. The molecule has 0 N–H and O–H groups in total. The van der Waals surface area contributed by atoms with Gasteiger partial charge in [0, 0.05) is 27.7 Å². The lowest BCUT2D eigenvalue weighted by molar-refractivity contribution is 0.932. The summed E-state index contributed by atoms with van der Waals surface area (Å²) in [7, 11) is 0. The molecule has 0 fully saturated rings. The Bertz CT molecular complexity index is 825. The van der Waals surface area contributed by atoms with Crippen molar-refractivity contribution in [2.45, 2.75) is 6.42 Å². The van der Waals surface area contributed by atoms with Crippen LogP contribution < -0.4 is 0 Å². The van der Waals surface area contributed by atoms with Crippen molar-refractivity contribution < 1.29 is 0 Å². The largest absolute Gasteiger partial charge is 0.228 e. The molecule has 0 aliphatic heterocycles. The van der Waals surface area contributed by atoms with Gasteiger partial charge in [-0.05, 0) is 41.0 Å². The van der Waals surface area contributed by atoms with Gasteiger partial charge in [-0.3, -0.25) is 0 Å². The van der Waals surface area contributed by atoms with Crippen LogP contribution in [0.4, 0.5) is 0 Å². The lowest BCUT2D eigenvalue weighted by atomic mass is 9.99. The van der Waals surface area contributed by atoms with Crippen LogP contribution in [0.25, 0.3) is 11.8 Å². The molecule has 0 bridgehead atoms. The van der Waals surface area contributed by atoms with E-state index in [2.05, 4.69) is 10.1 Å². The van der Waals surface area contributed by atoms with Gasteiger partial charge in [-0.15, -0.1) is 0 Å². The summed E-state index contributed by atoms with van der Waals surface area (Å²) in [5.74, 6) is 0. The predicted octanol–water partition coefficient (Wildman–Crippen LogP) is 5.48. The van der Waals surface area contributed by atoms with Crippen molar-refractivity contribution in [3.05, 3.63) is 81.3 Å². The van der Waals surface area contributed by atoms with Gasteiger partial charge in [0.05, 0.1) is 0 Å². The quantitative estimate of drug-likeness (QED) is 0.614. The first-order valence-electron chi connectivity index (χ1n) is 6.86. The Balaban J connectivity index is 2.00. The highest BCUT2D eigenvalue weighted by Crippen LogP contribution is 2.28. The third kappa shape index (κ3) is 4.14. The smallest absolute Gasteiger partial charge is 0.138 e. The number of benzene rings is 2. The summed E-state index contributed by atoms with van der Waals surface area (Å²) in [6, 6.07) is 13.1. The lowest BCUT2D eigenvalue weighted by Gasteiger charge is -2.10. The van der Waals surface area contributed by atoms with Gasteiger partial charge in [0.25, 0.3) is 0 Å². The van der Waals surface area contributed by atoms with Crippen molar-refractivity contribution in [3.8, 4) is 0 Å². The van der Waals surface area contributed by atoms with Crippen LogP contribution in [0.5, 0.6) is 0 Å². The molecule has 3 rings (SSSR count). The monoisotopic (exact) mass is 363 g/mol. The van der Waals surface area contributed by atoms with Crippen LogP contribution in [0.1, 0.15) is 11.1 Å². The van der Waals surface area contributed by atoms with E-state index in [0.717, 1.165) is 16.7 Å². The third-order valence-electron chi connectivity index (χ3n) is 3.34. The van der Waals surface area contributed by atoms with E-state index in [1.54, 1.807) is 17.1 Å². The molecule has 0 saturated heterocycles. The Morgan fingerprint density at radius 1 is 1.00 bits per heavy atom. The number of hydrogen-bond acceptors (Lipinski definition) is 2. The number of nitrogens with zero attached hydrogens (tertiary/aromatic N) is 3. The standard InChI is InChI=1S/C17H12Cl3N3/c18-15-4-1-12(2-5-15)14(9-23-11-21-10-22-23)7-13-3-6-16(19)8-17(13)20/h1-6,8-11H,7H2. The van der Waals surface area contributed by atoms with Crippen molar-refractivity contribution >= 4 is 46.6 Å². The van der Waals surface area contributed by atoms with Crippen LogP contribution in [0, 0.1) is 0 Å². The second-order valence-corrected chi connectivity index (χ2v) is 6.23. The van der Waals surface area contributed by atoms with Crippen LogP contribution in [-0.2, 0) is 6.42 Å². The molecule has 0 radical (unpaired) electrons. The minimum absolute atomic E-state index is 0.618. The Morgan fingerprint density at radius 2 is 1.74 bits per heavy atom. The van der Waals surface area contributed by atoms with Gasteiger partial charge in [-0.1, -0.05) is 53.0 Å². The first-order chi connectivity index (χ1) is 11.1. The van der Waals surface area contributed by atoms with Crippen LogP contribution in [-0.4, -0.2) is 14.8 Å². The van der Waals surface area contributed by atoms with Gasteiger partial charge in [0.15, 0.2) is 0 Å². The van der Waals surface area contributed by atoms with E-state index in [-0.39, 0.29) is 0 Å². The molecule has 0 aliphatic carbocycles. The van der Waals surface area contributed by atoms with E-state index < -0.39 is 0 Å². The minimum Gasteiger partial charge on any atom is -0.228 e. The number of allylic oxidation sites excluding steroid dienone is 1. The molecule has 1 aromatic heterocycles. The summed E-state index contributed by atoms with van der Waals surface area (Å²) in [4.78, 5) is 3.96. The Hall–Kier alpha value is -1.81.